The van der Waals surface area contributed by atoms with E-state index < -0.39 is 5.60 Å². The van der Waals surface area contributed by atoms with Crippen molar-refractivity contribution in [3.63, 3.8) is 0 Å². The van der Waals surface area contributed by atoms with Crippen LogP contribution in [0.15, 0.2) is 11.6 Å². The zero-order valence-corrected chi connectivity index (χ0v) is 7.05. The number of aliphatic hydroxyl groups is 1. The number of carbonyl (C=O) groups excluding carboxylic acids is 1. The number of rotatable bonds is 1. The molecule has 0 amide bonds. The maximum Gasteiger partial charge on any atom is 0.155 e. The van der Waals surface area contributed by atoms with Crippen molar-refractivity contribution < 1.29 is 9.90 Å². The molecular formula is C9H14O2. The van der Waals surface area contributed by atoms with Gasteiger partial charge in [-0.1, -0.05) is 0 Å². The van der Waals surface area contributed by atoms with Crippen LogP contribution in [0.3, 0.4) is 0 Å². The van der Waals surface area contributed by atoms with Gasteiger partial charge in [-0.3, -0.25) is 4.79 Å². The summed E-state index contributed by atoms with van der Waals surface area (Å²) in [7, 11) is 0. The van der Waals surface area contributed by atoms with Crippen molar-refractivity contribution in [1.82, 2.24) is 0 Å². The molecule has 0 aromatic rings. The van der Waals surface area contributed by atoms with Gasteiger partial charge in [0.2, 0.25) is 0 Å². The van der Waals surface area contributed by atoms with Gasteiger partial charge in [-0.15, -0.1) is 0 Å². The van der Waals surface area contributed by atoms with Gasteiger partial charge in [-0.25, -0.2) is 0 Å². The third-order valence-electron chi connectivity index (χ3n) is 1.99. The molecule has 11 heavy (non-hydrogen) atoms. The van der Waals surface area contributed by atoms with Gasteiger partial charge in [0.25, 0.3) is 0 Å². The lowest BCUT2D eigenvalue weighted by Gasteiger charge is -2.23. The number of ketones is 1. The summed E-state index contributed by atoms with van der Waals surface area (Å²) in [5.74, 6) is 0.147. The second-order valence-electron chi connectivity index (χ2n) is 3.55. The highest BCUT2D eigenvalue weighted by atomic mass is 16.3. The van der Waals surface area contributed by atoms with Gasteiger partial charge in [-0.05, 0) is 38.3 Å². The molecule has 0 bridgehead atoms. The smallest absolute Gasteiger partial charge is 0.155 e. The van der Waals surface area contributed by atoms with Crippen molar-refractivity contribution in [1.29, 1.82) is 0 Å². The fourth-order valence-corrected chi connectivity index (χ4v) is 1.27. The van der Waals surface area contributed by atoms with Crippen molar-refractivity contribution >= 4 is 5.78 Å². The van der Waals surface area contributed by atoms with Crippen LogP contribution in [0.4, 0.5) is 0 Å². The summed E-state index contributed by atoms with van der Waals surface area (Å²) in [5.41, 5.74) is 0.0598. The van der Waals surface area contributed by atoms with Crippen LogP contribution in [-0.2, 0) is 4.79 Å². The minimum Gasteiger partial charge on any atom is -0.386 e. The maximum atomic E-state index is 10.9. The molecule has 0 aromatic heterocycles. The molecule has 1 N–H and O–H groups in total. The van der Waals surface area contributed by atoms with Crippen molar-refractivity contribution in [3.8, 4) is 0 Å². The Hall–Kier alpha value is -0.630. The Kier molecular flexibility index (Phi) is 2.14. The molecule has 2 nitrogen and oxygen atoms in total. The zero-order valence-electron chi connectivity index (χ0n) is 7.05. The Balaban J connectivity index is 2.79. The Morgan fingerprint density at radius 2 is 2.09 bits per heavy atom. The number of hydrogen-bond acceptors (Lipinski definition) is 2. The summed E-state index contributed by atoms with van der Waals surface area (Å²) in [4.78, 5) is 10.9. The minimum atomic E-state index is -0.809. The summed E-state index contributed by atoms with van der Waals surface area (Å²) >= 11 is 0. The predicted octanol–water partition coefficient (Wildman–Crippen LogP) is 1.44. The fraction of sp³-hybridized carbons (Fsp3) is 0.667. The molecule has 0 heterocycles. The quantitative estimate of drug-likeness (QED) is 0.620. The molecule has 0 saturated carbocycles. The van der Waals surface area contributed by atoms with Gasteiger partial charge in [-0.2, -0.15) is 0 Å². The minimum absolute atomic E-state index is 0.147. The molecule has 62 valence electrons. The Morgan fingerprint density at radius 1 is 1.45 bits per heavy atom. The van der Waals surface area contributed by atoms with Crippen LogP contribution in [0, 0.1) is 0 Å². The normalized spacial score (nSPS) is 19.9. The molecule has 0 unspecified atom stereocenters. The Bertz CT molecular complexity index is 196. The van der Waals surface area contributed by atoms with Crippen LogP contribution < -0.4 is 0 Å². The van der Waals surface area contributed by atoms with E-state index in [-0.39, 0.29) is 5.78 Å². The van der Waals surface area contributed by atoms with E-state index >= 15 is 0 Å². The fourth-order valence-electron chi connectivity index (χ4n) is 1.27. The molecule has 0 aromatic carbocycles. The molecule has 0 fully saturated rings. The summed E-state index contributed by atoms with van der Waals surface area (Å²) in [6.07, 6.45) is 3.97. The predicted molar refractivity (Wildman–Crippen MR) is 43.2 cm³/mol. The lowest BCUT2D eigenvalue weighted by atomic mass is 9.88. The van der Waals surface area contributed by atoms with Gasteiger partial charge in [0, 0.05) is 6.42 Å². The monoisotopic (exact) mass is 154 g/mol. The van der Waals surface area contributed by atoms with Gasteiger partial charge in [0.05, 0.1) is 5.60 Å². The second-order valence-corrected chi connectivity index (χ2v) is 3.55. The van der Waals surface area contributed by atoms with Gasteiger partial charge < -0.3 is 5.11 Å². The summed E-state index contributed by atoms with van der Waals surface area (Å²) in [6, 6.07) is 0. The van der Waals surface area contributed by atoms with Gasteiger partial charge >= 0.3 is 0 Å². The highest BCUT2D eigenvalue weighted by Gasteiger charge is 2.22. The SMILES string of the molecule is CC(C)(O)C1=CC(=O)CCC1. The third-order valence-corrected chi connectivity index (χ3v) is 1.99. The first-order valence-electron chi connectivity index (χ1n) is 3.96. The standard InChI is InChI=1S/C9H14O2/c1-9(2,11)7-4-3-5-8(10)6-7/h6,11H,3-5H2,1-2H3. The highest BCUT2D eigenvalue weighted by Crippen LogP contribution is 2.25. The summed E-state index contributed by atoms with van der Waals surface area (Å²) in [6.45, 7) is 3.44. The number of allylic oxidation sites excluding steroid dienone is 1. The molecule has 0 aliphatic heterocycles. The van der Waals surface area contributed by atoms with Crippen molar-refractivity contribution in [2.24, 2.45) is 0 Å². The third kappa shape index (κ3) is 2.15. The molecule has 0 atom stereocenters. The Morgan fingerprint density at radius 3 is 2.45 bits per heavy atom. The first kappa shape index (κ1) is 8.47. The van der Waals surface area contributed by atoms with E-state index in [1.54, 1.807) is 19.9 Å². The molecule has 0 saturated heterocycles. The second kappa shape index (κ2) is 2.78. The van der Waals surface area contributed by atoms with Crippen LogP contribution in [0.25, 0.3) is 0 Å². The Labute approximate surface area is 66.9 Å². The van der Waals surface area contributed by atoms with Crippen LogP contribution in [0.1, 0.15) is 33.1 Å². The zero-order chi connectivity index (χ0) is 8.48. The van der Waals surface area contributed by atoms with E-state index in [2.05, 4.69) is 0 Å². The van der Waals surface area contributed by atoms with Crippen LogP contribution in [-0.4, -0.2) is 16.5 Å². The molecule has 0 spiro atoms. The number of carbonyl (C=O) groups is 1. The van der Waals surface area contributed by atoms with Gasteiger partial charge in [0.15, 0.2) is 5.78 Å². The topological polar surface area (TPSA) is 37.3 Å². The van der Waals surface area contributed by atoms with E-state index in [4.69, 9.17) is 0 Å². The molecular weight excluding hydrogens is 140 g/mol. The summed E-state index contributed by atoms with van der Waals surface area (Å²) < 4.78 is 0. The summed E-state index contributed by atoms with van der Waals surface area (Å²) in [5, 5.41) is 9.54. The van der Waals surface area contributed by atoms with Crippen molar-refractivity contribution in [2.45, 2.75) is 38.7 Å². The van der Waals surface area contributed by atoms with E-state index in [1.165, 1.54) is 0 Å². The van der Waals surface area contributed by atoms with Crippen molar-refractivity contribution in [2.75, 3.05) is 0 Å². The number of hydrogen-bond donors (Lipinski definition) is 1. The molecule has 2 heteroatoms. The molecule has 1 aliphatic carbocycles. The highest BCUT2D eigenvalue weighted by molar-refractivity contribution is 5.91. The van der Waals surface area contributed by atoms with Gasteiger partial charge in [0.1, 0.15) is 0 Å². The van der Waals surface area contributed by atoms with Crippen LogP contribution in [0.5, 0.6) is 0 Å². The average molecular weight is 154 g/mol. The lowest BCUT2D eigenvalue weighted by Crippen LogP contribution is -2.24. The molecule has 1 aliphatic rings. The van der Waals surface area contributed by atoms with Crippen molar-refractivity contribution in [3.05, 3.63) is 11.6 Å². The van der Waals surface area contributed by atoms with Crippen LogP contribution in [0.2, 0.25) is 0 Å². The maximum absolute atomic E-state index is 10.9. The molecule has 0 radical (unpaired) electrons. The molecule has 1 rings (SSSR count). The lowest BCUT2D eigenvalue weighted by molar-refractivity contribution is -0.115. The first-order chi connectivity index (χ1) is 5.00. The van der Waals surface area contributed by atoms with Crippen LogP contribution >= 0.6 is 0 Å². The largest absolute Gasteiger partial charge is 0.386 e. The van der Waals surface area contributed by atoms with E-state index in [1.807, 2.05) is 0 Å². The van der Waals surface area contributed by atoms with E-state index in [0.29, 0.717) is 6.42 Å². The van der Waals surface area contributed by atoms with E-state index in [0.717, 1.165) is 18.4 Å². The average Bonchev–Trinajstić information content (AvgIpc) is 1.86. The first-order valence-corrected chi connectivity index (χ1v) is 3.96. The van der Waals surface area contributed by atoms with E-state index in [9.17, 15) is 9.90 Å².